The van der Waals surface area contributed by atoms with Crippen LogP contribution in [0, 0.1) is 0 Å². The van der Waals surface area contributed by atoms with Gasteiger partial charge in [0.05, 0.1) is 37.1 Å². The lowest BCUT2D eigenvalue weighted by Gasteiger charge is -2.16. The lowest BCUT2D eigenvalue weighted by Crippen LogP contribution is -1.97. The Bertz CT molecular complexity index is 1070. The van der Waals surface area contributed by atoms with Gasteiger partial charge in [-0.2, -0.15) is 8.75 Å². The number of nitrogens with zero attached hydrogens (tertiary/aromatic N) is 2. The first-order valence-corrected chi connectivity index (χ1v) is 11.9. The molecule has 0 bridgehead atoms. The van der Waals surface area contributed by atoms with Gasteiger partial charge in [0.15, 0.2) is 11.5 Å². The summed E-state index contributed by atoms with van der Waals surface area (Å²) >= 11 is 4.78. The number of hydrogen-bond donors (Lipinski definition) is 0. The molecule has 29 heavy (non-hydrogen) atoms. The van der Waals surface area contributed by atoms with Crippen molar-refractivity contribution in [3.8, 4) is 32.4 Å². The van der Waals surface area contributed by atoms with Crippen molar-refractivity contribution in [3.05, 3.63) is 34.0 Å². The van der Waals surface area contributed by atoms with Crippen molar-refractivity contribution in [2.45, 2.75) is 39.5 Å². The predicted molar refractivity (Wildman–Crippen MR) is 125 cm³/mol. The summed E-state index contributed by atoms with van der Waals surface area (Å²) in [6.07, 6.45) is 0. The zero-order valence-electron chi connectivity index (χ0n) is 17.4. The maximum atomic E-state index is 5.91. The molecule has 0 aliphatic carbocycles. The molecule has 0 N–H and O–H groups in total. The minimum atomic E-state index is 0.477. The number of methoxy groups -OCH3 is 2. The lowest BCUT2D eigenvalue weighted by molar-refractivity contribution is 0.358. The van der Waals surface area contributed by atoms with Crippen LogP contribution >= 0.6 is 34.4 Å². The average molecular weight is 445 g/mol. The molecule has 0 fully saturated rings. The zero-order valence-corrected chi connectivity index (χ0v) is 19.8. The predicted octanol–water partition coefficient (Wildman–Crippen LogP) is 7.41. The molecule has 0 aliphatic heterocycles. The molecule has 4 nitrogen and oxygen atoms in total. The molecule has 152 valence electrons. The summed E-state index contributed by atoms with van der Waals surface area (Å²) in [4.78, 5) is 4.92. The van der Waals surface area contributed by atoms with Crippen molar-refractivity contribution >= 4 is 45.4 Å². The van der Waals surface area contributed by atoms with E-state index in [1.165, 1.54) is 21.5 Å². The van der Waals surface area contributed by atoms with Crippen LogP contribution in [0.25, 0.3) is 31.9 Å². The van der Waals surface area contributed by atoms with Gasteiger partial charge in [-0.1, -0.05) is 27.7 Å². The molecule has 0 saturated carbocycles. The Morgan fingerprint density at radius 3 is 1.41 bits per heavy atom. The minimum Gasteiger partial charge on any atom is -0.492 e. The Morgan fingerprint density at radius 2 is 1.10 bits per heavy atom. The number of benzene rings is 1. The van der Waals surface area contributed by atoms with Crippen LogP contribution in [0.4, 0.5) is 0 Å². The highest BCUT2D eigenvalue weighted by Gasteiger charge is 2.27. The van der Waals surface area contributed by atoms with E-state index in [1.54, 1.807) is 36.9 Å². The van der Waals surface area contributed by atoms with Gasteiger partial charge < -0.3 is 9.47 Å². The third-order valence-electron chi connectivity index (χ3n) is 4.92. The van der Waals surface area contributed by atoms with E-state index in [9.17, 15) is 0 Å². The SMILES string of the molecule is COc1c(OC)c(-c2ccc(C(C)C)s2)c2nsnc2c1-c1ccc(C(C)C)s1. The van der Waals surface area contributed by atoms with E-state index in [2.05, 4.69) is 60.7 Å². The van der Waals surface area contributed by atoms with Gasteiger partial charge in [0.1, 0.15) is 11.0 Å². The number of fused-ring (bicyclic) bond motifs is 1. The average Bonchev–Trinajstić information content (AvgIpc) is 3.45. The van der Waals surface area contributed by atoms with Crippen LogP contribution in [0.3, 0.4) is 0 Å². The summed E-state index contributed by atoms with van der Waals surface area (Å²) in [7, 11) is 3.39. The summed E-state index contributed by atoms with van der Waals surface area (Å²) in [6.45, 7) is 8.83. The third-order valence-corrected chi connectivity index (χ3v) is 8.25. The third kappa shape index (κ3) is 3.45. The molecular weight excluding hydrogens is 420 g/mol. The van der Waals surface area contributed by atoms with Crippen molar-refractivity contribution < 1.29 is 9.47 Å². The molecule has 0 unspecified atom stereocenters. The molecule has 0 aliphatic rings. The van der Waals surface area contributed by atoms with Gasteiger partial charge in [-0.05, 0) is 36.1 Å². The Labute approximate surface area is 183 Å². The van der Waals surface area contributed by atoms with Gasteiger partial charge in [0.2, 0.25) is 0 Å². The quantitative estimate of drug-likeness (QED) is 0.310. The number of rotatable bonds is 6. The van der Waals surface area contributed by atoms with Crippen LogP contribution in [0.2, 0.25) is 0 Å². The van der Waals surface area contributed by atoms with E-state index in [1.807, 2.05) is 0 Å². The van der Waals surface area contributed by atoms with Crippen LogP contribution < -0.4 is 9.47 Å². The molecule has 0 radical (unpaired) electrons. The van der Waals surface area contributed by atoms with Gasteiger partial charge in [-0.15, -0.1) is 22.7 Å². The number of ether oxygens (including phenoxy) is 2. The van der Waals surface area contributed by atoms with E-state index in [0.717, 1.165) is 43.4 Å². The molecule has 0 saturated heterocycles. The van der Waals surface area contributed by atoms with Gasteiger partial charge >= 0.3 is 0 Å². The second-order valence-corrected chi connectivity index (χ2v) is 10.3. The van der Waals surface area contributed by atoms with Crippen LogP contribution in [0.5, 0.6) is 11.5 Å². The Kier molecular flexibility index (Phi) is 5.64. The molecular formula is C22H24N2O2S3. The molecule has 4 rings (SSSR count). The van der Waals surface area contributed by atoms with E-state index >= 15 is 0 Å². The monoisotopic (exact) mass is 444 g/mol. The summed E-state index contributed by atoms with van der Waals surface area (Å²) in [5, 5.41) is 0. The van der Waals surface area contributed by atoms with Gasteiger partial charge in [-0.25, -0.2) is 0 Å². The normalized spacial score (nSPS) is 11.7. The molecule has 0 spiro atoms. The molecule has 4 aromatic rings. The topological polar surface area (TPSA) is 44.2 Å². The summed E-state index contributed by atoms with van der Waals surface area (Å²) in [5.41, 5.74) is 3.68. The summed E-state index contributed by atoms with van der Waals surface area (Å²) in [5.74, 6) is 2.40. The fourth-order valence-corrected chi connectivity index (χ4v) is 6.07. The largest absolute Gasteiger partial charge is 0.492 e. The lowest BCUT2D eigenvalue weighted by atomic mass is 10.0. The first-order chi connectivity index (χ1) is 14.0. The Hall–Kier alpha value is -1.96. The standard InChI is InChI=1S/C22H24N2O2S3/c1-11(2)13-7-9-15(27-13)17-19-20(24-29-23-19)18(22(26-6)21(17)25-5)16-10-8-14(28-16)12(3)4/h7-12H,1-6H3. The second-order valence-electron chi connectivity index (χ2n) is 7.49. The highest BCUT2D eigenvalue weighted by Crippen LogP contribution is 2.52. The molecule has 0 atom stereocenters. The van der Waals surface area contributed by atoms with Crippen molar-refractivity contribution in [1.82, 2.24) is 8.75 Å². The van der Waals surface area contributed by atoms with E-state index < -0.39 is 0 Å². The molecule has 1 aromatic carbocycles. The zero-order chi connectivity index (χ0) is 20.7. The smallest absolute Gasteiger partial charge is 0.172 e. The van der Waals surface area contributed by atoms with Crippen LogP contribution in [0.15, 0.2) is 24.3 Å². The number of hydrogen-bond acceptors (Lipinski definition) is 7. The fraction of sp³-hybridized carbons (Fsp3) is 0.364. The molecule has 3 aromatic heterocycles. The maximum Gasteiger partial charge on any atom is 0.172 e. The van der Waals surface area contributed by atoms with Crippen LogP contribution in [0.1, 0.15) is 49.3 Å². The first kappa shape index (κ1) is 20.3. The van der Waals surface area contributed by atoms with Crippen LogP contribution in [-0.4, -0.2) is 23.0 Å². The van der Waals surface area contributed by atoms with Crippen molar-refractivity contribution in [2.75, 3.05) is 14.2 Å². The van der Waals surface area contributed by atoms with Gasteiger partial charge in [0, 0.05) is 19.5 Å². The van der Waals surface area contributed by atoms with Gasteiger partial charge in [-0.3, -0.25) is 0 Å². The number of aromatic nitrogens is 2. The van der Waals surface area contributed by atoms with Crippen molar-refractivity contribution in [2.24, 2.45) is 0 Å². The van der Waals surface area contributed by atoms with Gasteiger partial charge in [0.25, 0.3) is 0 Å². The Balaban J connectivity index is 2.03. The Morgan fingerprint density at radius 1 is 0.690 bits per heavy atom. The highest BCUT2D eigenvalue weighted by atomic mass is 32.1. The minimum absolute atomic E-state index is 0.477. The van der Waals surface area contributed by atoms with Crippen molar-refractivity contribution in [3.63, 3.8) is 0 Å². The molecule has 0 amide bonds. The summed E-state index contributed by atoms with van der Waals surface area (Å²) < 4.78 is 21.2. The van der Waals surface area contributed by atoms with E-state index in [-0.39, 0.29) is 0 Å². The summed E-state index contributed by atoms with van der Waals surface area (Å²) in [6, 6.07) is 8.67. The maximum absolute atomic E-state index is 5.91. The van der Waals surface area contributed by atoms with Crippen molar-refractivity contribution in [1.29, 1.82) is 0 Å². The number of thiophene rings is 2. The molecule has 7 heteroatoms. The highest BCUT2D eigenvalue weighted by molar-refractivity contribution is 7.16. The van der Waals surface area contributed by atoms with E-state index in [0.29, 0.717) is 11.8 Å². The van der Waals surface area contributed by atoms with E-state index in [4.69, 9.17) is 9.47 Å². The first-order valence-electron chi connectivity index (χ1n) is 9.56. The van der Waals surface area contributed by atoms with Crippen LogP contribution in [-0.2, 0) is 0 Å². The fourth-order valence-electron chi connectivity index (χ4n) is 3.40. The molecule has 3 heterocycles. The second kappa shape index (κ2) is 8.05.